The minimum absolute atomic E-state index is 0.590. The van der Waals surface area contributed by atoms with Gasteiger partial charge in [-0.3, -0.25) is 0 Å². The molecule has 0 aliphatic heterocycles. The minimum Gasteiger partial charge on any atom is -0.313 e. The van der Waals surface area contributed by atoms with Gasteiger partial charge >= 0.3 is 0 Å². The molecular formula is C17H29NS. The molecule has 1 unspecified atom stereocenters. The Morgan fingerprint density at radius 2 is 2.11 bits per heavy atom. The zero-order chi connectivity index (χ0) is 13.6. The molecule has 0 amide bonds. The summed E-state index contributed by atoms with van der Waals surface area (Å²) < 4.78 is 0. The molecule has 1 aliphatic rings. The summed E-state index contributed by atoms with van der Waals surface area (Å²) in [5, 5.41) is 6.07. The van der Waals surface area contributed by atoms with Crippen LogP contribution in [-0.4, -0.2) is 12.6 Å². The van der Waals surface area contributed by atoms with Crippen LogP contribution in [0.15, 0.2) is 17.5 Å². The molecule has 2 rings (SSSR count). The third kappa shape index (κ3) is 3.82. The fourth-order valence-corrected chi connectivity index (χ4v) is 4.44. The van der Waals surface area contributed by atoms with E-state index in [4.69, 9.17) is 0 Å². The van der Waals surface area contributed by atoms with Gasteiger partial charge in [-0.1, -0.05) is 32.8 Å². The first-order valence-corrected chi connectivity index (χ1v) is 8.94. The summed E-state index contributed by atoms with van der Waals surface area (Å²) in [6, 6.07) is 5.19. The van der Waals surface area contributed by atoms with Crippen LogP contribution in [0.25, 0.3) is 0 Å². The molecular weight excluding hydrogens is 250 g/mol. The Kier molecular flexibility index (Phi) is 5.90. The van der Waals surface area contributed by atoms with Crippen LogP contribution < -0.4 is 5.32 Å². The first-order valence-electron chi connectivity index (χ1n) is 8.06. The summed E-state index contributed by atoms with van der Waals surface area (Å²) in [7, 11) is 0. The predicted octanol–water partition coefficient (Wildman–Crippen LogP) is 5.02. The van der Waals surface area contributed by atoms with Gasteiger partial charge in [0.05, 0.1) is 0 Å². The summed E-state index contributed by atoms with van der Waals surface area (Å²) in [4.78, 5) is 1.55. The second-order valence-corrected chi connectivity index (χ2v) is 7.08. The maximum atomic E-state index is 3.87. The lowest BCUT2D eigenvalue weighted by molar-refractivity contribution is 0.177. The highest BCUT2D eigenvalue weighted by molar-refractivity contribution is 7.09. The van der Waals surface area contributed by atoms with E-state index in [0.717, 1.165) is 6.04 Å². The van der Waals surface area contributed by atoms with Crippen LogP contribution in [0.2, 0.25) is 0 Å². The molecule has 1 aromatic heterocycles. The van der Waals surface area contributed by atoms with Gasteiger partial charge in [0.2, 0.25) is 0 Å². The van der Waals surface area contributed by atoms with Crippen molar-refractivity contribution in [3.05, 3.63) is 22.4 Å². The van der Waals surface area contributed by atoms with Crippen molar-refractivity contribution >= 4 is 11.3 Å². The lowest BCUT2D eigenvalue weighted by Gasteiger charge is -2.38. The van der Waals surface area contributed by atoms with Crippen LogP contribution in [0.4, 0.5) is 0 Å². The van der Waals surface area contributed by atoms with Crippen molar-refractivity contribution in [2.24, 2.45) is 5.41 Å². The number of nitrogens with one attached hydrogen (secondary N) is 1. The first-order chi connectivity index (χ1) is 9.30. The maximum Gasteiger partial charge on any atom is 0.0127 e. The van der Waals surface area contributed by atoms with E-state index in [2.05, 4.69) is 36.7 Å². The van der Waals surface area contributed by atoms with Gasteiger partial charge in [-0.15, -0.1) is 11.3 Å². The van der Waals surface area contributed by atoms with Gasteiger partial charge in [0, 0.05) is 10.9 Å². The largest absolute Gasteiger partial charge is 0.313 e. The lowest BCUT2D eigenvalue weighted by Crippen LogP contribution is -2.44. The number of thiophene rings is 1. The highest BCUT2D eigenvalue weighted by Gasteiger charge is 2.38. The molecule has 108 valence electrons. The number of hydrogen-bond donors (Lipinski definition) is 1. The summed E-state index contributed by atoms with van der Waals surface area (Å²) >= 11 is 1.91. The number of hydrogen-bond acceptors (Lipinski definition) is 2. The van der Waals surface area contributed by atoms with E-state index in [9.17, 15) is 0 Å². The number of aryl methyl sites for hydroxylation is 1. The molecule has 19 heavy (non-hydrogen) atoms. The van der Waals surface area contributed by atoms with Crippen molar-refractivity contribution in [3.63, 3.8) is 0 Å². The van der Waals surface area contributed by atoms with Gasteiger partial charge in [0.1, 0.15) is 0 Å². The van der Waals surface area contributed by atoms with Crippen LogP contribution in [-0.2, 0) is 6.42 Å². The summed E-state index contributed by atoms with van der Waals surface area (Å²) in [6.07, 6.45) is 10.9. The highest BCUT2D eigenvalue weighted by Crippen LogP contribution is 2.45. The smallest absolute Gasteiger partial charge is 0.0127 e. The predicted molar refractivity (Wildman–Crippen MR) is 85.9 cm³/mol. The van der Waals surface area contributed by atoms with E-state index in [1.165, 1.54) is 57.9 Å². The Morgan fingerprint density at radius 1 is 1.32 bits per heavy atom. The zero-order valence-corrected chi connectivity index (χ0v) is 13.4. The Morgan fingerprint density at radius 3 is 2.68 bits per heavy atom. The summed E-state index contributed by atoms with van der Waals surface area (Å²) in [5.41, 5.74) is 0.590. The van der Waals surface area contributed by atoms with Crippen molar-refractivity contribution in [1.29, 1.82) is 0 Å². The molecule has 1 fully saturated rings. The topological polar surface area (TPSA) is 12.0 Å². The number of rotatable bonds is 8. The van der Waals surface area contributed by atoms with Crippen molar-refractivity contribution in [2.45, 2.75) is 71.3 Å². The molecule has 0 spiro atoms. The van der Waals surface area contributed by atoms with E-state index in [1.54, 1.807) is 4.88 Å². The second kappa shape index (κ2) is 7.44. The standard InChI is InChI=1S/C17H29NS/c1-3-13-18-16(10-9-15-8-7-14-19-15)17(4-2)11-5-6-12-17/h7-8,14,16,18H,3-6,9-13H2,1-2H3. The van der Waals surface area contributed by atoms with Crippen molar-refractivity contribution in [3.8, 4) is 0 Å². The fraction of sp³-hybridized carbons (Fsp3) is 0.765. The normalized spacial score (nSPS) is 19.7. The van der Waals surface area contributed by atoms with Crippen molar-refractivity contribution in [1.82, 2.24) is 5.32 Å². The van der Waals surface area contributed by atoms with Crippen LogP contribution >= 0.6 is 11.3 Å². The van der Waals surface area contributed by atoms with Gasteiger partial charge in [0.25, 0.3) is 0 Å². The molecule has 0 bridgehead atoms. The van der Waals surface area contributed by atoms with Gasteiger partial charge < -0.3 is 5.32 Å². The van der Waals surface area contributed by atoms with E-state index in [0.29, 0.717) is 5.41 Å². The minimum atomic E-state index is 0.590. The van der Waals surface area contributed by atoms with E-state index < -0.39 is 0 Å². The van der Waals surface area contributed by atoms with E-state index in [-0.39, 0.29) is 0 Å². The third-order valence-electron chi connectivity index (χ3n) is 4.94. The molecule has 1 saturated carbocycles. The fourth-order valence-electron chi connectivity index (χ4n) is 3.71. The van der Waals surface area contributed by atoms with Gasteiger partial charge in [-0.25, -0.2) is 0 Å². The van der Waals surface area contributed by atoms with E-state index >= 15 is 0 Å². The van der Waals surface area contributed by atoms with Crippen LogP contribution in [0.3, 0.4) is 0 Å². The Labute approximate surface area is 122 Å². The molecule has 1 heterocycles. The molecule has 1 aromatic rings. The second-order valence-electron chi connectivity index (χ2n) is 6.05. The van der Waals surface area contributed by atoms with Crippen molar-refractivity contribution in [2.75, 3.05) is 6.54 Å². The van der Waals surface area contributed by atoms with Crippen LogP contribution in [0.5, 0.6) is 0 Å². The Balaban J connectivity index is 1.97. The summed E-state index contributed by atoms with van der Waals surface area (Å²) in [6.45, 7) is 5.85. The molecule has 1 atom stereocenters. The van der Waals surface area contributed by atoms with Crippen LogP contribution in [0.1, 0.15) is 63.7 Å². The molecule has 0 saturated heterocycles. The average Bonchev–Trinajstić information content (AvgIpc) is 3.10. The van der Waals surface area contributed by atoms with Gasteiger partial charge in [0.15, 0.2) is 0 Å². The third-order valence-corrected chi connectivity index (χ3v) is 5.88. The molecule has 2 heteroatoms. The van der Waals surface area contributed by atoms with Crippen LogP contribution in [0, 0.1) is 5.41 Å². The molecule has 0 radical (unpaired) electrons. The quantitative estimate of drug-likeness (QED) is 0.704. The highest BCUT2D eigenvalue weighted by atomic mass is 32.1. The Hall–Kier alpha value is -0.340. The van der Waals surface area contributed by atoms with E-state index in [1.807, 2.05) is 11.3 Å². The monoisotopic (exact) mass is 279 g/mol. The molecule has 1 nitrogen and oxygen atoms in total. The molecule has 1 N–H and O–H groups in total. The van der Waals surface area contributed by atoms with Gasteiger partial charge in [-0.05, 0) is 61.9 Å². The first kappa shape index (κ1) is 15.1. The molecule has 1 aliphatic carbocycles. The summed E-state index contributed by atoms with van der Waals surface area (Å²) in [5.74, 6) is 0. The average molecular weight is 279 g/mol. The van der Waals surface area contributed by atoms with Gasteiger partial charge in [-0.2, -0.15) is 0 Å². The lowest BCUT2D eigenvalue weighted by atomic mass is 9.74. The van der Waals surface area contributed by atoms with Crippen molar-refractivity contribution < 1.29 is 0 Å². The molecule has 0 aromatic carbocycles. The maximum absolute atomic E-state index is 3.87. The Bertz CT molecular complexity index is 338. The zero-order valence-electron chi connectivity index (χ0n) is 12.6. The SMILES string of the molecule is CCCNC(CCc1cccs1)C1(CC)CCCC1.